The molecule has 2 aromatic carbocycles. The quantitative estimate of drug-likeness (QED) is 0.679. The highest BCUT2D eigenvalue weighted by molar-refractivity contribution is 7.14. The standard InChI is InChI=1S/C18H14F2N2O3S/c1-24-13-7-5-11(6-8-13)15-10-26-18(21-15)22-16(23)12-3-2-4-14(9-12)25-17(19)20/h2-10,17H,1H3,(H,21,22,23). The number of hydrogen-bond donors (Lipinski definition) is 1. The molecule has 0 spiro atoms. The second-order valence-electron chi connectivity index (χ2n) is 5.13. The largest absolute Gasteiger partial charge is 0.497 e. The van der Waals surface area contributed by atoms with Gasteiger partial charge in [0.25, 0.3) is 5.91 Å². The molecule has 1 heterocycles. The molecule has 0 atom stereocenters. The molecule has 1 N–H and O–H groups in total. The van der Waals surface area contributed by atoms with Gasteiger partial charge in [0.2, 0.25) is 0 Å². The lowest BCUT2D eigenvalue weighted by Crippen LogP contribution is -2.12. The van der Waals surface area contributed by atoms with E-state index in [1.54, 1.807) is 7.11 Å². The van der Waals surface area contributed by atoms with E-state index in [0.717, 1.165) is 11.3 Å². The summed E-state index contributed by atoms with van der Waals surface area (Å²) < 4.78 is 34.0. The maximum Gasteiger partial charge on any atom is 0.387 e. The third-order valence-electron chi connectivity index (χ3n) is 3.43. The van der Waals surface area contributed by atoms with Crippen LogP contribution in [0.4, 0.5) is 13.9 Å². The number of carbonyl (C=O) groups excluding carboxylic acids is 1. The molecular formula is C18H14F2N2O3S. The van der Waals surface area contributed by atoms with Crippen LogP contribution in [0.25, 0.3) is 11.3 Å². The van der Waals surface area contributed by atoms with Crippen molar-refractivity contribution in [1.82, 2.24) is 4.98 Å². The summed E-state index contributed by atoms with van der Waals surface area (Å²) in [6.45, 7) is -2.95. The summed E-state index contributed by atoms with van der Waals surface area (Å²) >= 11 is 1.27. The molecule has 0 fully saturated rings. The maximum atomic E-state index is 12.3. The number of amides is 1. The van der Waals surface area contributed by atoms with Crippen LogP contribution >= 0.6 is 11.3 Å². The lowest BCUT2D eigenvalue weighted by Gasteiger charge is -2.06. The molecule has 3 rings (SSSR count). The predicted octanol–water partition coefficient (Wildman–Crippen LogP) is 4.67. The number of benzene rings is 2. The molecule has 0 aliphatic heterocycles. The average molecular weight is 376 g/mol. The molecule has 0 saturated heterocycles. The maximum absolute atomic E-state index is 12.3. The van der Waals surface area contributed by atoms with Crippen LogP contribution in [0.15, 0.2) is 53.9 Å². The van der Waals surface area contributed by atoms with E-state index >= 15 is 0 Å². The first kappa shape index (κ1) is 17.8. The number of nitrogens with zero attached hydrogens (tertiary/aromatic N) is 1. The van der Waals surface area contributed by atoms with Crippen LogP contribution in [-0.4, -0.2) is 24.6 Å². The molecule has 0 aliphatic rings. The number of rotatable bonds is 6. The van der Waals surface area contributed by atoms with E-state index in [4.69, 9.17) is 4.74 Å². The van der Waals surface area contributed by atoms with Crippen molar-refractivity contribution in [3.63, 3.8) is 0 Å². The monoisotopic (exact) mass is 376 g/mol. The van der Waals surface area contributed by atoms with Crippen molar-refractivity contribution in [3.05, 3.63) is 59.5 Å². The van der Waals surface area contributed by atoms with Crippen molar-refractivity contribution in [2.75, 3.05) is 12.4 Å². The molecule has 0 radical (unpaired) electrons. The summed E-state index contributed by atoms with van der Waals surface area (Å²) in [6.07, 6.45) is 0. The number of ether oxygens (including phenoxy) is 2. The normalized spacial score (nSPS) is 10.6. The first-order chi connectivity index (χ1) is 12.5. The average Bonchev–Trinajstić information content (AvgIpc) is 3.10. The zero-order valence-electron chi connectivity index (χ0n) is 13.6. The molecule has 0 saturated carbocycles. The Balaban J connectivity index is 1.71. The SMILES string of the molecule is COc1ccc(-c2csc(NC(=O)c3cccc(OC(F)F)c3)n2)cc1. The van der Waals surface area contributed by atoms with Crippen molar-refractivity contribution in [2.45, 2.75) is 6.61 Å². The van der Waals surface area contributed by atoms with Crippen LogP contribution in [0.5, 0.6) is 11.5 Å². The van der Waals surface area contributed by atoms with E-state index in [2.05, 4.69) is 15.0 Å². The van der Waals surface area contributed by atoms with Crippen LogP contribution in [0, 0.1) is 0 Å². The van der Waals surface area contributed by atoms with Crippen LogP contribution in [-0.2, 0) is 0 Å². The minimum atomic E-state index is -2.95. The fourth-order valence-corrected chi connectivity index (χ4v) is 2.92. The zero-order valence-corrected chi connectivity index (χ0v) is 14.4. The highest BCUT2D eigenvalue weighted by Crippen LogP contribution is 2.27. The van der Waals surface area contributed by atoms with E-state index in [0.29, 0.717) is 10.8 Å². The Morgan fingerprint density at radius 2 is 1.92 bits per heavy atom. The highest BCUT2D eigenvalue weighted by Gasteiger charge is 2.12. The van der Waals surface area contributed by atoms with Gasteiger partial charge < -0.3 is 9.47 Å². The molecule has 0 bridgehead atoms. The number of carbonyl (C=O) groups is 1. The van der Waals surface area contributed by atoms with Crippen LogP contribution < -0.4 is 14.8 Å². The van der Waals surface area contributed by atoms with E-state index in [-0.39, 0.29) is 11.3 Å². The minimum Gasteiger partial charge on any atom is -0.497 e. The highest BCUT2D eigenvalue weighted by atomic mass is 32.1. The van der Waals surface area contributed by atoms with Crippen LogP contribution in [0.1, 0.15) is 10.4 Å². The molecular weight excluding hydrogens is 362 g/mol. The lowest BCUT2D eigenvalue weighted by atomic mass is 10.2. The first-order valence-electron chi connectivity index (χ1n) is 7.51. The Morgan fingerprint density at radius 1 is 1.15 bits per heavy atom. The molecule has 5 nitrogen and oxygen atoms in total. The molecule has 1 amide bonds. The van der Waals surface area contributed by atoms with Gasteiger partial charge >= 0.3 is 6.61 Å². The van der Waals surface area contributed by atoms with E-state index in [1.807, 2.05) is 29.6 Å². The number of nitrogens with one attached hydrogen (secondary N) is 1. The summed E-state index contributed by atoms with van der Waals surface area (Å²) in [6, 6.07) is 13.0. The van der Waals surface area contributed by atoms with E-state index in [1.165, 1.54) is 35.6 Å². The van der Waals surface area contributed by atoms with Gasteiger partial charge in [-0.2, -0.15) is 8.78 Å². The summed E-state index contributed by atoms with van der Waals surface area (Å²) in [5.41, 5.74) is 1.79. The van der Waals surface area contributed by atoms with E-state index in [9.17, 15) is 13.6 Å². The number of alkyl halides is 2. The molecule has 8 heteroatoms. The summed E-state index contributed by atoms with van der Waals surface area (Å²) in [7, 11) is 1.59. The molecule has 26 heavy (non-hydrogen) atoms. The first-order valence-corrected chi connectivity index (χ1v) is 8.39. The fraction of sp³-hybridized carbons (Fsp3) is 0.111. The topological polar surface area (TPSA) is 60.5 Å². The third kappa shape index (κ3) is 4.34. The summed E-state index contributed by atoms with van der Waals surface area (Å²) in [5.74, 6) is 0.203. The smallest absolute Gasteiger partial charge is 0.387 e. The Bertz CT molecular complexity index is 897. The number of thiazole rings is 1. The van der Waals surface area contributed by atoms with Gasteiger partial charge in [-0.3, -0.25) is 10.1 Å². The van der Waals surface area contributed by atoms with Gasteiger partial charge in [0.15, 0.2) is 5.13 Å². The molecule has 1 aromatic heterocycles. The Kier molecular flexibility index (Phi) is 5.43. The van der Waals surface area contributed by atoms with Crippen molar-refractivity contribution in [3.8, 4) is 22.8 Å². The van der Waals surface area contributed by atoms with Gasteiger partial charge in [0.1, 0.15) is 11.5 Å². The van der Waals surface area contributed by atoms with Gasteiger partial charge in [-0.25, -0.2) is 4.98 Å². The van der Waals surface area contributed by atoms with Crippen LogP contribution in [0.2, 0.25) is 0 Å². The molecule has 134 valence electrons. The van der Waals surface area contributed by atoms with E-state index < -0.39 is 12.5 Å². The molecule has 0 unspecified atom stereocenters. The number of aromatic nitrogens is 1. The Labute approximate surface area is 152 Å². The predicted molar refractivity (Wildman–Crippen MR) is 95.1 cm³/mol. The molecule has 3 aromatic rings. The minimum absolute atomic E-state index is 0.0780. The number of methoxy groups -OCH3 is 1. The molecule has 0 aliphatic carbocycles. The second kappa shape index (κ2) is 7.92. The van der Waals surface area contributed by atoms with Gasteiger partial charge in [-0.05, 0) is 42.5 Å². The van der Waals surface area contributed by atoms with Gasteiger partial charge in [0.05, 0.1) is 12.8 Å². The van der Waals surface area contributed by atoms with Crippen LogP contribution in [0.3, 0.4) is 0 Å². The number of hydrogen-bond acceptors (Lipinski definition) is 5. The lowest BCUT2D eigenvalue weighted by molar-refractivity contribution is -0.0498. The second-order valence-corrected chi connectivity index (χ2v) is 5.98. The van der Waals surface area contributed by atoms with Gasteiger partial charge in [-0.15, -0.1) is 11.3 Å². The van der Waals surface area contributed by atoms with Gasteiger partial charge in [-0.1, -0.05) is 6.07 Å². The van der Waals surface area contributed by atoms with Crippen molar-refractivity contribution in [1.29, 1.82) is 0 Å². The number of anilines is 1. The number of halogens is 2. The summed E-state index contributed by atoms with van der Waals surface area (Å²) in [4.78, 5) is 16.6. The Morgan fingerprint density at radius 3 is 2.62 bits per heavy atom. The van der Waals surface area contributed by atoms with Crippen molar-refractivity contribution in [2.24, 2.45) is 0 Å². The fourth-order valence-electron chi connectivity index (χ4n) is 2.21. The van der Waals surface area contributed by atoms with Crippen molar-refractivity contribution >= 4 is 22.4 Å². The van der Waals surface area contributed by atoms with Crippen molar-refractivity contribution < 1.29 is 23.0 Å². The zero-order chi connectivity index (χ0) is 18.5. The Hall–Kier alpha value is -3.00. The summed E-state index contributed by atoms with van der Waals surface area (Å²) in [5, 5.41) is 4.87. The third-order valence-corrected chi connectivity index (χ3v) is 4.19. The van der Waals surface area contributed by atoms with Gasteiger partial charge in [0, 0.05) is 16.5 Å².